The van der Waals surface area contributed by atoms with Gasteiger partial charge >= 0.3 is 0 Å². The summed E-state index contributed by atoms with van der Waals surface area (Å²) in [6, 6.07) is 2.48. The standard InChI is InChI=1S/C10H18N2O/c1-2-10(4-6-13)12-8-9-3-5-11-7-9/h3,5,7,10-13H,2,4,6,8H2,1H3. The fraction of sp³-hybridized carbons (Fsp3) is 0.600. The van der Waals surface area contributed by atoms with Gasteiger partial charge in [-0.3, -0.25) is 0 Å². The van der Waals surface area contributed by atoms with E-state index >= 15 is 0 Å². The predicted molar refractivity (Wildman–Crippen MR) is 53.4 cm³/mol. The van der Waals surface area contributed by atoms with E-state index in [0.29, 0.717) is 6.04 Å². The van der Waals surface area contributed by atoms with Gasteiger partial charge in [0.15, 0.2) is 0 Å². The highest BCUT2D eigenvalue weighted by atomic mass is 16.3. The monoisotopic (exact) mass is 182 g/mol. The molecule has 1 aromatic heterocycles. The summed E-state index contributed by atoms with van der Waals surface area (Å²) in [6.45, 7) is 3.27. The van der Waals surface area contributed by atoms with Gasteiger partial charge in [-0.2, -0.15) is 0 Å². The van der Waals surface area contributed by atoms with Gasteiger partial charge in [0.25, 0.3) is 0 Å². The first-order valence-electron chi connectivity index (χ1n) is 4.82. The number of aromatic nitrogens is 1. The van der Waals surface area contributed by atoms with Crippen LogP contribution in [-0.4, -0.2) is 22.7 Å². The van der Waals surface area contributed by atoms with Crippen molar-refractivity contribution in [3.63, 3.8) is 0 Å². The van der Waals surface area contributed by atoms with E-state index in [-0.39, 0.29) is 6.61 Å². The molecule has 0 aliphatic rings. The summed E-state index contributed by atoms with van der Waals surface area (Å²) in [6.07, 6.45) is 5.80. The van der Waals surface area contributed by atoms with Crippen LogP contribution in [0.15, 0.2) is 18.5 Å². The molecule has 0 aromatic carbocycles. The molecule has 0 aliphatic heterocycles. The molecule has 0 amide bonds. The molecule has 0 aliphatic carbocycles. The fourth-order valence-electron chi connectivity index (χ4n) is 1.34. The summed E-state index contributed by atoms with van der Waals surface area (Å²) >= 11 is 0. The van der Waals surface area contributed by atoms with Gasteiger partial charge in [0, 0.05) is 31.6 Å². The van der Waals surface area contributed by atoms with Crippen LogP contribution in [0.2, 0.25) is 0 Å². The Morgan fingerprint density at radius 1 is 1.62 bits per heavy atom. The Balaban J connectivity index is 2.23. The van der Waals surface area contributed by atoms with Gasteiger partial charge in [0.1, 0.15) is 0 Å². The number of rotatable bonds is 6. The third-order valence-electron chi connectivity index (χ3n) is 2.23. The number of H-pyrrole nitrogens is 1. The first-order chi connectivity index (χ1) is 6.36. The Hall–Kier alpha value is -0.800. The van der Waals surface area contributed by atoms with Crippen molar-refractivity contribution < 1.29 is 5.11 Å². The molecule has 1 atom stereocenters. The molecule has 0 radical (unpaired) electrons. The zero-order valence-corrected chi connectivity index (χ0v) is 8.09. The van der Waals surface area contributed by atoms with E-state index in [0.717, 1.165) is 19.4 Å². The number of aromatic amines is 1. The highest BCUT2D eigenvalue weighted by Crippen LogP contribution is 2.00. The molecule has 1 aromatic rings. The Morgan fingerprint density at radius 2 is 2.46 bits per heavy atom. The Labute approximate surface area is 79.2 Å². The molecule has 1 rings (SSSR count). The van der Waals surface area contributed by atoms with E-state index in [1.54, 1.807) is 0 Å². The van der Waals surface area contributed by atoms with Crippen LogP contribution in [-0.2, 0) is 6.54 Å². The van der Waals surface area contributed by atoms with Crippen molar-refractivity contribution in [1.82, 2.24) is 10.3 Å². The molecule has 0 saturated heterocycles. The summed E-state index contributed by atoms with van der Waals surface area (Å²) in [5, 5.41) is 12.2. The van der Waals surface area contributed by atoms with Gasteiger partial charge in [-0.1, -0.05) is 6.92 Å². The minimum atomic E-state index is 0.263. The molecule has 3 nitrogen and oxygen atoms in total. The maximum atomic E-state index is 8.78. The lowest BCUT2D eigenvalue weighted by molar-refractivity contribution is 0.262. The van der Waals surface area contributed by atoms with Crippen molar-refractivity contribution in [2.24, 2.45) is 0 Å². The highest BCUT2D eigenvalue weighted by Gasteiger charge is 2.03. The molecule has 0 fully saturated rings. The lowest BCUT2D eigenvalue weighted by Crippen LogP contribution is -2.28. The highest BCUT2D eigenvalue weighted by molar-refractivity contribution is 5.07. The van der Waals surface area contributed by atoms with Crippen molar-refractivity contribution >= 4 is 0 Å². The van der Waals surface area contributed by atoms with Gasteiger partial charge in [0.2, 0.25) is 0 Å². The van der Waals surface area contributed by atoms with Crippen molar-refractivity contribution in [2.45, 2.75) is 32.4 Å². The molecule has 0 saturated carbocycles. The van der Waals surface area contributed by atoms with Gasteiger partial charge in [0.05, 0.1) is 0 Å². The van der Waals surface area contributed by atoms with Crippen molar-refractivity contribution in [2.75, 3.05) is 6.61 Å². The van der Waals surface area contributed by atoms with Gasteiger partial charge < -0.3 is 15.4 Å². The second-order valence-electron chi connectivity index (χ2n) is 3.22. The molecule has 0 spiro atoms. The fourth-order valence-corrected chi connectivity index (χ4v) is 1.34. The first kappa shape index (κ1) is 10.3. The summed E-state index contributed by atoms with van der Waals surface area (Å²) in [5.41, 5.74) is 1.26. The van der Waals surface area contributed by atoms with E-state index in [1.807, 2.05) is 12.4 Å². The third kappa shape index (κ3) is 3.61. The Morgan fingerprint density at radius 3 is 3.00 bits per heavy atom. The van der Waals surface area contributed by atoms with Crippen LogP contribution in [0.3, 0.4) is 0 Å². The third-order valence-corrected chi connectivity index (χ3v) is 2.23. The quantitative estimate of drug-likeness (QED) is 0.620. The lowest BCUT2D eigenvalue weighted by Gasteiger charge is -2.14. The second-order valence-corrected chi connectivity index (χ2v) is 3.22. The molecule has 3 N–H and O–H groups in total. The summed E-state index contributed by atoms with van der Waals surface area (Å²) in [5.74, 6) is 0. The van der Waals surface area contributed by atoms with E-state index < -0.39 is 0 Å². The molecule has 13 heavy (non-hydrogen) atoms. The lowest BCUT2D eigenvalue weighted by atomic mass is 10.1. The van der Waals surface area contributed by atoms with E-state index in [1.165, 1.54) is 5.56 Å². The van der Waals surface area contributed by atoms with Crippen LogP contribution >= 0.6 is 0 Å². The van der Waals surface area contributed by atoms with Crippen LogP contribution in [0.1, 0.15) is 25.3 Å². The molecule has 1 unspecified atom stereocenters. The molecule has 3 heteroatoms. The largest absolute Gasteiger partial charge is 0.396 e. The maximum Gasteiger partial charge on any atom is 0.0445 e. The Kier molecular flexibility index (Phi) is 4.57. The first-order valence-corrected chi connectivity index (χ1v) is 4.82. The summed E-state index contributed by atoms with van der Waals surface area (Å²) < 4.78 is 0. The average Bonchev–Trinajstić information content (AvgIpc) is 2.64. The Bertz CT molecular complexity index is 209. The SMILES string of the molecule is CCC(CCO)NCc1cc[nH]c1. The second kappa shape index (κ2) is 5.78. The topological polar surface area (TPSA) is 48.0 Å². The smallest absolute Gasteiger partial charge is 0.0445 e. The summed E-state index contributed by atoms with van der Waals surface area (Å²) in [7, 11) is 0. The van der Waals surface area contributed by atoms with E-state index in [4.69, 9.17) is 5.11 Å². The maximum absolute atomic E-state index is 8.78. The number of nitrogens with one attached hydrogen (secondary N) is 2. The zero-order chi connectivity index (χ0) is 9.52. The molecular formula is C10H18N2O. The van der Waals surface area contributed by atoms with Crippen LogP contribution in [0.4, 0.5) is 0 Å². The number of aliphatic hydroxyl groups is 1. The van der Waals surface area contributed by atoms with Gasteiger partial charge in [-0.25, -0.2) is 0 Å². The van der Waals surface area contributed by atoms with Crippen LogP contribution < -0.4 is 5.32 Å². The van der Waals surface area contributed by atoms with Crippen molar-refractivity contribution in [3.05, 3.63) is 24.0 Å². The van der Waals surface area contributed by atoms with Gasteiger partial charge in [-0.05, 0) is 24.5 Å². The predicted octanol–water partition coefficient (Wildman–Crippen LogP) is 1.27. The molecule has 0 bridgehead atoms. The van der Waals surface area contributed by atoms with E-state index in [2.05, 4.69) is 23.3 Å². The van der Waals surface area contributed by atoms with Crippen molar-refractivity contribution in [1.29, 1.82) is 0 Å². The van der Waals surface area contributed by atoms with Crippen LogP contribution in [0.5, 0.6) is 0 Å². The minimum Gasteiger partial charge on any atom is -0.396 e. The van der Waals surface area contributed by atoms with Gasteiger partial charge in [-0.15, -0.1) is 0 Å². The zero-order valence-electron chi connectivity index (χ0n) is 8.09. The van der Waals surface area contributed by atoms with Crippen LogP contribution in [0, 0.1) is 0 Å². The molecule has 74 valence electrons. The summed E-state index contributed by atoms with van der Waals surface area (Å²) in [4.78, 5) is 3.01. The minimum absolute atomic E-state index is 0.263. The van der Waals surface area contributed by atoms with Crippen molar-refractivity contribution in [3.8, 4) is 0 Å². The number of hydrogen-bond acceptors (Lipinski definition) is 2. The number of aliphatic hydroxyl groups excluding tert-OH is 1. The van der Waals surface area contributed by atoms with E-state index in [9.17, 15) is 0 Å². The normalized spacial score (nSPS) is 13.1. The molecular weight excluding hydrogens is 164 g/mol. The number of hydrogen-bond donors (Lipinski definition) is 3. The molecule has 1 heterocycles. The average molecular weight is 182 g/mol. The van der Waals surface area contributed by atoms with Crippen LogP contribution in [0.25, 0.3) is 0 Å².